The highest BCUT2D eigenvalue weighted by Gasteiger charge is 2.21. The molecule has 2 heterocycles. The second-order valence-corrected chi connectivity index (χ2v) is 6.67. The average molecular weight is 344 g/mol. The molecule has 0 spiro atoms. The largest absolute Gasteiger partial charge is 0.468 e. The summed E-state index contributed by atoms with van der Waals surface area (Å²) in [6, 6.07) is 13.1. The molecule has 2 aromatic heterocycles. The van der Waals surface area contributed by atoms with Crippen LogP contribution in [-0.4, -0.2) is 18.1 Å². The second kappa shape index (κ2) is 7.50. The van der Waals surface area contributed by atoms with Gasteiger partial charge in [-0.2, -0.15) is 0 Å². The molecule has 1 aromatic carbocycles. The van der Waals surface area contributed by atoms with Crippen molar-refractivity contribution in [1.29, 1.82) is 0 Å². The van der Waals surface area contributed by atoms with E-state index in [1.807, 2.05) is 47.2 Å². The fraction of sp³-hybridized carbons (Fsp3) is 0.176. The Bertz CT molecular complexity index is 754. The van der Waals surface area contributed by atoms with E-state index >= 15 is 0 Å². The molecule has 1 unspecified atom stereocenters. The van der Waals surface area contributed by atoms with E-state index in [1.165, 1.54) is 7.11 Å². The van der Waals surface area contributed by atoms with Crippen molar-refractivity contribution in [3.05, 3.63) is 64.5 Å². The van der Waals surface area contributed by atoms with Gasteiger partial charge in [-0.15, -0.1) is 22.7 Å². The molecule has 23 heavy (non-hydrogen) atoms. The van der Waals surface area contributed by atoms with Crippen molar-refractivity contribution in [2.45, 2.75) is 12.6 Å². The molecule has 4 nitrogen and oxygen atoms in total. The third-order valence-corrected chi connectivity index (χ3v) is 5.27. The standard InChI is InChI=1S/C17H16N2O2S2/c1-21-17(20)15(12-6-3-2-4-7-12)18-10-13-11-23-16(19-13)14-8-5-9-22-14/h2-9,11,15,18H,10H2,1H3. The topological polar surface area (TPSA) is 51.2 Å². The van der Waals surface area contributed by atoms with Gasteiger partial charge >= 0.3 is 5.97 Å². The zero-order valence-electron chi connectivity index (χ0n) is 12.6. The number of nitrogens with one attached hydrogen (secondary N) is 1. The number of carbonyl (C=O) groups is 1. The third kappa shape index (κ3) is 3.85. The van der Waals surface area contributed by atoms with Crippen molar-refractivity contribution in [3.8, 4) is 9.88 Å². The lowest BCUT2D eigenvalue weighted by Crippen LogP contribution is -2.29. The van der Waals surface area contributed by atoms with Crippen LogP contribution in [0.15, 0.2) is 53.2 Å². The number of hydrogen-bond acceptors (Lipinski definition) is 6. The first kappa shape index (κ1) is 15.9. The van der Waals surface area contributed by atoms with E-state index in [1.54, 1.807) is 22.7 Å². The van der Waals surface area contributed by atoms with E-state index in [0.717, 1.165) is 21.1 Å². The number of thiazole rings is 1. The molecule has 1 atom stereocenters. The van der Waals surface area contributed by atoms with Crippen LogP contribution in [0.25, 0.3) is 9.88 Å². The van der Waals surface area contributed by atoms with Crippen molar-refractivity contribution in [1.82, 2.24) is 10.3 Å². The normalized spacial score (nSPS) is 12.0. The number of carbonyl (C=O) groups excluding carboxylic acids is 1. The molecule has 0 aliphatic heterocycles. The Morgan fingerprint density at radius 2 is 2.04 bits per heavy atom. The van der Waals surface area contributed by atoms with Crippen LogP contribution in [0.5, 0.6) is 0 Å². The SMILES string of the molecule is COC(=O)C(NCc1csc(-c2cccs2)n1)c1ccccc1. The van der Waals surface area contributed by atoms with Crippen molar-refractivity contribution >= 4 is 28.6 Å². The Kier molecular flexibility index (Phi) is 5.17. The second-order valence-electron chi connectivity index (χ2n) is 4.87. The first-order valence-electron chi connectivity index (χ1n) is 7.12. The molecule has 118 valence electrons. The van der Waals surface area contributed by atoms with E-state index in [4.69, 9.17) is 4.74 Å². The van der Waals surface area contributed by atoms with Gasteiger partial charge in [-0.05, 0) is 17.0 Å². The highest BCUT2D eigenvalue weighted by Crippen LogP contribution is 2.28. The summed E-state index contributed by atoms with van der Waals surface area (Å²) < 4.78 is 4.90. The summed E-state index contributed by atoms with van der Waals surface area (Å²) >= 11 is 3.28. The zero-order chi connectivity index (χ0) is 16.1. The summed E-state index contributed by atoms with van der Waals surface area (Å²) in [7, 11) is 1.40. The van der Waals surface area contributed by atoms with E-state index in [0.29, 0.717) is 6.54 Å². The average Bonchev–Trinajstić information content (AvgIpc) is 3.27. The number of ether oxygens (including phenoxy) is 1. The maximum absolute atomic E-state index is 12.0. The van der Waals surface area contributed by atoms with Crippen LogP contribution in [0, 0.1) is 0 Å². The number of nitrogens with zero attached hydrogens (tertiary/aromatic N) is 1. The molecule has 0 aliphatic rings. The van der Waals surface area contributed by atoms with E-state index < -0.39 is 6.04 Å². The number of esters is 1. The van der Waals surface area contributed by atoms with Gasteiger partial charge in [-0.1, -0.05) is 36.4 Å². The van der Waals surface area contributed by atoms with Crippen LogP contribution >= 0.6 is 22.7 Å². The molecular weight excluding hydrogens is 328 g/mol. The number of hydrogen-bond donors (Lipinski definition) is 1. The maximum Gasteiger partial charge on any atom is 0.327 e. The van der Waals surface area contributed by atoms with Crippen molar-refractivity contribution in [2.75, 3.05) is 7.11 Å². The van der Waals surface area contributed by atoms with Gasteiger partial charge in [-0.25, -0.2) is 9.78 Å². The lowest BCUT2D eigenvalue weighted by Gasteiger charge is -2.16. The predicted octanol–water partition coefficient (Wildman–Crippen LogP) is 3.88. The molecule has 0 radical (unpaired) electrons. The van der Waals surface area contributed by atoms with Gasteiger partial charge in [0.15, 0.2) is 0 Å². The Labute approximate surface area is 142 Å². The minimum atomic E-state index is -0.493. The van der Waals surface area contributed by atoms with Crippen LogP contribution in [0.3, 0.4) is 0 Å². The Hall–Kier alpha value is -2.02. The van der Waals surface area contributed by atoms with E-state index in [9.17, 15) is 4.79 Å². The minimum Gasteiger partial charge on any atom is -0.468 e. The van der Waals surface area contributed by atoms with Gasteiger partial charge < -0.3 is 4.74 Å². The van der Waals surface area contributed by atoms with Crippen LogP contribution in [0.1, 0.15) is 17.3 Å². The predicted molar refractivity (Wildman–Crippen MR) is 93.5 cm³/mol. The summed E-state index contributed by atoms with van der Waals surface area (Å²) in [5, 5.41) is 8.29. The summed E-state index contributed by atoms with van der Waals surface area (Å²) in [5.74, 6) is -0.301. The van der Waals surface area contributed by atoms with Crippen LogP contribution in [0.2, 0.25) is 0 Å². The van der Waals surface area contributed by atoms with Gasteiger partial charge in [0.2, 0.25) is 0 Å². The van der Waals surface area contributed by atoms with Gasteiger partial charge in [-0.3, -0.25) is 5.32 Å². The van der Waals surface area contributed by atoms with Crippen LogP contribution in [-0.2, 0) is 16.1 Å². The minimum absolute atomic E-state index is 0.301. The fourth-order valence-electron chi connectivity index (χ4n) is 2.21. The molecule has 0 saturated carbocycles. The summed E-state index contributed by atoms with van der Waals surface area (Å²) in [5.41, 5.74) is 1.80. The molecule has 0 aliphatic carbocycles. The lowest BCUT2D eigenvalue weighted by molar-refractivity contribution is -0.143. The maximum atomic E-state index is 12.0. The number of benzene rings is 1. The van der Waals surface area contributed by atoms with Gasteiger partial charge in [0.05, 0.1) is 17.7 Å². The number of methoxy groups -OCH3 is 1. The number of rotatable bonds is 6. The Balaban J connectivity index is 1.71. The molecule has 0 fully saturated rings. The van der Waals surface area contributed by atoms with Crippen molar-refractivity contribution in [2.24, 2.45) is 0 Å². The quantitative estimate of drug-likeness (QED) is 0.690. The molecule has 1 N–H and O–H groups in total. The highest BCUT2D eigenvalue weighted by atomic mass is 32.1. The van der Waals surface area contributed by atoms with Crippen molar-refractivity contribution in [3.63, 3.8) is 0 Å². The Morgan fingerprint density at radius 1 is 1.22 bits per heavy atom. The molecule has 6 heteroatoms. The molecule has 0 bridgehead atoms. The van der Waals surface area contributed by atoms with Crippen molar-refractivity contribution < 1.29 is 9.53 Å². The van der Waals surface area contributed by atoms with Gasteiger partial charge in [0.25, 0.3) is 0 Å². The molecule has 0 saturated heterocycles. The lowest BCUT2D eigenvalue weighted by atomic mass is 10.1. The molecule has 3 rings (SSSR count). The Morgan fingerprint density at radius 3 is 2.74 bits per heavy atom. The highest BCUT2D eigenvalue weighted by molar-refractivity contribution is 7.20. The molecule has 0 amide bonds. The van der Waals surface area contributed by atoms with E-state index in [-0.39, 0.29) is 5.97 Å². The first-order chi connectivity index (χ1) is 11.3. The smallest absolute Gasteiger partial charge is 0.327 e. The van der Waals surface area contributed by atoms with Gasteiger partial charge in [0.1, 0.15) is 11.0 Å². The van der Waals surface area contributed by atoms with Crippen LogP contribution in [0.4, 0.5) is 0 Å². The number of aromatic nitrogens is 1. The number of thiophene rings is 1. The zero-order valence-corrected chi connectivity index (χ0v) is 14.2. The third-order valence-electron chi connectivity index (χ3n) is 3.34. The van der Waals surface area contributed by atoms with Gasteiger partial charge in [0, 0.05) is 11.9 Å². The summed E-state index contributed by atoms with van der Waals surface area (Å²) in [4.78, 5) is 17.8. The first-order valence-corrected chi connectivity index (χ1v) is 8.88. The fourth-order valence-corrected chi connectivity index (χ4v) is 3.84. The van der Waals surface area contributed by atoms with E-state index in [2.05, 4.69) is 16.4 Å². The monoisotopic (exact) mass is 344 g/mol. The molecule has 3 aromatic rings. The summed E-state index contributed by atoms with van der Waals surface area (Å²) in [6.45, 7) is 0.510. The molecular formula is C17H16N2O2S2. The summed E-state index contributed by atoms with van der Waals surface area (Å²) in [6.07, 6.45) is 0. The van der Waals surface area contributed by atoms with Crippen LogP contribution < -0.4 is 5.32 Å².